The van der Waals surface area contributed by atoms with Crippen molar-refractivity contribution in [2.45, 2.75) is 46.8 Å². The molecule has 88 valence electrons. The van der Waals surface area contributed by atoms with Gasteiger partial charge in [-0.15, -0.1) is 0 Å². The Kier molecular flexibility index (Phi) is 3.09. The van der Waals surface area contributed by atoms with E-state index in [1.165, 1.54) is 12.8 Å². The fourth-order valence-corrected chi connectivity index (χ4v) is 3.33. The predicted octanol–water partition coefficient (Wildman–Crippen LogP) is 3.07. The van der Waals surface area contributed by atoms with Gasteiger partial charge in [-0.05, 0) is 30.1 Å². The summed E-state index contributed by atoms with van der Waals surface area (Å²) in [5.41, 5.74) is 0.340. The average molecular weight is 212 g/mol. The van der Waals surface area contributed by atoms with Crippen LogP contribution in [0.15, 0.2) is 0 Å². The van der Waals surface area contributed by atoms with Gasteiger partial charge in [-0.2, -0.15) is 0 Å². The van der Waals surface area contributed by atoms with E-state index in [1.807, 2.05) is 0 Å². The topological polar surface area (TPSA) is 18.5 Å². The van der Waals surface area contributed by atoms with E-state index in [0.29, 0.717) is 11.3 Å². The highest BCUT2D eigenvalue weighted by Crippen LogP contribution is 2.50. The number of rotatable bonds is 1. The third-order valence-electron chi connectivity index (χ3n) is 4.74. The predicted molar refractivity (Wildman–Crippen MR) is 60.5 cm³/mol. The zero-order valence-electron chi connectivity index (χ0n) is 10.5. The maximum Gasteiger partial charge on any atom is 0.161 e. The minimum atomic E-state index is 0.0535. The first kappa shape index (κ1) is 11.4. The fourth-order valence-electron chi connectivity index (χ4n) is 3.33. The summed E-state index contributed by atoms with van der Waals surface area (Å²) in [5.74, 6) is 2.05. The molecule has 0 unspecified atom stereocenters. The maximum atomic E-state index is 5.72. The Morgan fingerprint density at radius 2 is 1.60 bits per heavy atom. The van der Waals surface area contributed by atoms with Gasteiger partial charge in [0.1, 0.15) is 0 Å². The molecule has 2 aliphatic rings. The molecule has 0 amide bonds. The highest BCUT2D eigenvalue weighted by atomic mass is 16.7. The summed E-state index contributed by atoms with van der Waals surface area (Å²) < 4.78 is 11.4. The van der Waals surface area contributed by atoms with Crippen molar-refractivity contribution in [1.82, 2.24) is 0 Å². The monoisotopic (exact) mass is 212 g/mol. The quantitative estimate of drug-likeness (QED) is 0.665. The van der Waals surface area contributed by atoms with Gasteiger partial charge < -0.3 is 9.47 Å². The molecule has 0 radical (unpaired) electrons. The van der Waals surface area contributed by atoms with Gasteiger partial charge in [0.15, 0.2) is 6.29 Å². The van der Waals surface area contributed by atoms with Crippen molar-refractivity contribution in [3.8, 4) is 0 Å². The van der Waals surface area contributed by atoms with Gasteiger partial charge in [-0.3, -0.25) is 0 Å². The minimum absolute atomic E-state index is 0.0535. The fraction of sp³-hybridized carbons (Fsp3) is 1.00. The molecule has 0 aromatic carbocycles. The van der Waals surface area contributed by atoms with Crippen LogP contribution in [0.25, 0.3) is 0 Å². The van der Waals surface area contributed by atoms with Crippen LogP contribution in [-0.2, 0) is 9.47 Å². The van der Waals surface area contributed by atoms with Gasteiger partial charge in [0.05, 0.1) is 13.2 Å². The summed E-state index contributed by atoms with van der Waals surface area (Å²) in [6.07, 6.45) is 2.72. The van der Waals surface area contributed by atoms with E-state index in [2.05, 4.69) is 27.7 Å². The van der Waals surface area contributed by atoms with E-state index in [0.717, 1.165) is 25.0 Å². The molecule has 3 atom stereocenters. The molecule has 1 saturated carbocycles. The lowest BCUT2D eigenvalue weighted by Crippen LogP contribution is -2.46. The molecule has 1 aliphatic carbocycles. The van der Waals surface area contributed by atoms with E-state index in [1.54, 1.807) is 0 Å². The Bertz CT molecular complexity index is 219. The van der Waals surface area contributed by atoms with E-state index >= 15 is 0 Å². The van der Waals surface area contributed by atoms with Crippen LogP contribution in [0.1, 0.15) is 40.5 Å². The van der Waals surface area contributed by atoms with E-state index in [-0.39, 0.29) is 6.29 Å². The van der Waals surface area contributed by atoms with Gasteiger partial charge in [0.2, 0.25) is 0 Å². The zero-order chi connectivity index (χ0) is 11.1. The molecule has 0 aromatic heterocycles. The second-order valence-electron chi connectivity index (χ2n) is 5.91. The smallest absolute Gasteiger partial charge is 0.161 e. The third-order valence-corrected chi connectivity index (χ3v) is 4.74. The van der Waals surface area contributed by atoms with Gasteiger partial charge in [0, 0.05) is 5.92 Å². The van der Waals surface area contributed by atoms with E-state index < -0.39 is 0 Å². The molecule has 2 fully saturated rings. The van der Waals surface area contributed by atoms with Crippen molar-refractivity contribution in [3.05, 3.63) is 0 Å². The molecule has 1 heterocycles. The van der Waals surface area contributed by atoms with Gasteiger partial charge in [-0.25, -0.2) is 0 Å². The van der Waals surface area contributed by atoms with Crippen LogP contribution in [0.4, 0.5) is 0 Å². The lowest BCUT2D eigenvalue weighted by Gasteiger charge is -2.48. The standard InChI is InChI=1S/C13H24O2/c1-9-5-6-10(2)13(3,4)11(9)12-14-7-8-15-12/h9-12H,5-8H2,1-4H3/t9-,10-,11+/m1/s1. The van der Waals surface area contributed by atoms with Crippen LogP contribution < -0.4 is 0 Å². The largest absolute Gasteiger partial charge is 0.350 e. The van der Waals surface area contributed by atoms with Gasteiger partial charge in [-0.1, -0.05) is 27.7 Å². The molecule has 0 spiro atoms. The Balaban J connectivity index is 2.16. The molecule has 1 saturated heterocycles. The highest BCUT2D eigenvalue weighted by molar-refractivity contribution is 4.92. The molecule has 1 aliphatic heterocycles. The Hall–Kier alpha value is -0.0800. The molecular formula is C13H24O2. The second-order valence-corrected chi connectivity index (χ2v) is 5.91. The first-order valence-corrected chi connectivity index (χ1v) is 6.26. The van der Waals surface area contributed by atoms with Gasteiger partial charge >= 0.3 is 0 Å². The average Bonchev–Trinajstić information content (AvgIpc) is 2.65. The van der Waals surface area contributed by atoms with Crippen LogP contribution >= 0.6 is 0 Å². The Morgan fingerprint density at radius 1 is 1.00 bits per heavy atom. The van der Waals surface area contributed by atoms with Crippen LogP contribution in [-0.4, -0.2) is 19.5 Å². The first-order chi connectivity index (χ1) is 7.03. The van der Waals surface area contributed by atoms with Crippen molar-refractivity contribution >= 4 is 0 Å². The van der Waals surface area contributed by atoms with Crippen molar-refractivity contribution in [2.75, 3.05) is 13.2 Å². The summed E-state index contributed by atoms with van der Waals surface area (Å²) >= 11 is 0. The maximum absolute atomic E-state index is 5.72. The minimum Gasteiger partial charge on any atom is -0.350 e. The third kappa shape index (κ3) is 1.94. The molecule has 0 aromatic rings. The molecule has 2 heteroatoms. The van der Waals surface area contributed by atoms with Crippen molar-refractivity contribution in [2.24, 2.45) is 23.2 Å². The van der Waals surface area contributed by atoms with Gasteiger partial charge in [0.25, 0.3) is 0 Å². The Labute approximate surface area is 93.3 Å². The SMILES string of the molecule is C[C@@H]1CC[C@@H](C)C(C)(C)[C@@H]1C1OCCO1. The lowest BCUT2D eigenvalue weighted by molar-refractivity contribution is -0.157. The normalized spacial score (nSPS) is 42.0. The molecule has 2 rings (SSSR count). The van der Waals surface area contributed by atoms with Crippen molar-refractivity contribution in [3.63, 3.8) is 0 Å². The zero-order valence-corrected chi connectivity index (χ0v) is 10.5. The van der Waals surface area contributed by atoms with Crippen molar-refractivity contribution in [1.29, 1.82) is 0 Å². The highest BCUT2D eigenvalue weighted by Gasteiger charge is 2.47. The molecule has 0 bridgehead atoms. The van der Waals surface area contributed by atoms with Crippen molar-refractivity contribution < 1.29 is 9.47 Å². The van der Waals surface area contributed by atoms with Crippen LogP contribution in [0.3, 0.4) is 0 Å². The molecule has 0 N–H and O–H groups in total. The molecular weight excluding hydrogens is 188 g/mol. The van der Waals surface area contributed by atoms with E-state index in [4.69, 9.17) is 9.47 Å². The summed E-state index contributed by atoms with van der Waals surface area (Å²) in [4.78, 5) is 0. The van der Waals surface area contributed by atoms with Crippen LogP contribution in [0, 0.1) is 23.2 Å². The van der Waals surface area contributed by atoms with E-state index in [9.17, 15) is 0 Å². The lowest BCUT2D eigenvalue weighted by atomic mass is 9.59. The number of ether oxygens (including phenoxy) is 2. The second kappa shape index (κ2) is 4.06. The summed E-state index contributed by atoms with van der Waals surface area (Å²) in [6.45, 7) is 11.0. The summed E-state index contributed by atoms with van der Waals surface area (Å²) in [6, 6.07) is 0. The summed E-state index contributed by atoms with van der Waals surface area (Å²) in [7, 11) is 0. The number of hydrogen-bond acceptors (Lipinski definition) is 2. The first-order valence-electron chi connectivity index (χ1n) is 6.26. The molecule has 15 heavy (non-hydrogen) atoms. The van der Waals surface area contributed by atoms with Crippen LogP contribution in [0.5, 0.6) is 0 Å². The molecule has 2 nitrogen and oxygen atoms in total. The Morgan fingerprint density at radius 3 is 2.20 bits per heavy atom. The summed E-state index contributed by atoms with van der Waals surface area (Å²) in [5, 5.41) is 0. The van der Waals surface area contributed by atoms with Crippen LogP contribution in [0.2, 0.25) is 0 Å². The number of hydrogen-bond donors (Lipinski definition) is 0.